The van der Waals surface area contributed by atoms with Gasteiger partial charge in [0.1, 0.15) is 0 Å². The van der Waals surface area contributed by atoms with Crippen LogP contribution in [0.15, 0.2) is 10.9 Å². The van der Waals surface area contributed by atoms with Crippen LogP contribution in [0.25, 0.3) is 0 Å². The van der Waals surface area contributed by atoms with E-state index in [4.69, 9.17) is 12.2 Å². The maximum atomic E-state index is 11.4. The molecule has 14 heavy (non-hydrogen) atoms. The fraction of sp³-hybridized carbons (Fsp3) is 0.556. The number of aromatic nitrogens is 2. The van der Waals surface area contributed by atoms with Gasteiger partial charge in [-0.05, 0) is 25.6 Å². The smallest absolute Gasteiger partial charge is 0.258 e. The van der Waals surface area contributed by atoms with Gasteiger partial charge in [-0.3, -0.25) is 13.9 Å². The van der Waals surface area contributed by atoms with Crippen molar-refractivity contribution in [2.24, 2.45) is 0 Å². The van der Waals surface area contributed by atoms with Crippen LogP contribution in [0.2, 0.25) is 0 Å². The van der Waals surface area contributed by atoms with Gasteiger partial charge in [0.15, 0.2) is 10.7 Å². The largest absolute Gasteiger partial charge is 0.494 e. The Morgan fingerprint density at radius 3 is 2.57 bits per heavy atom. The minimum absolute atomic E-state index is 0.0495. The van der Waals surface area contributed by atoms with E-state index in [0.29, 0.717) is 17.9 Å². The van der Waals surface area contributed by atoms with E-state index in [1.54, 1.807) is 4.57 Å². The zero-order valence-electron chi connectivity index (χ0n) is 8.36. The lowest BCUT2D eigenvalue weighted by atomic mass is 10.4. The average molecular weight is 214 g/mol. The lowest BCUT2D eigenvalue weighted by Crippen LogP contribution is -2.23. The summed E-state index contributed by atoms with van der Waals surface area (Å²) in [7, 11) is 0. The lowest BCUT2D eigenvalue weighted by molar-refractivity contribution is 0.394. The summed E-state index contributed by atoms with van der Waals surface area (Å²) in [5, 5.41) is 9.51. The van der Waals surface area contributed by atoms with Crippen molar-refractivity contribution in [3.63, 3.8) is 0 Å². The van der Waals surface area contributed by atoms with Crippen LogP contribution in [0, 0.1) is 4.77 Å². The first-order valence-corrected chi connectivity index (χ1v) is 5.06. The topological polar surface area (TPSA) is 47.2 Å². The summed E-state index contributed by atoms with van der Waals surface area (Å²) in [6.07, 6.45) is 0.865. The fourth-order valence-electron chi connectivity index (χ4n) is 1.33. The molecule has 0 aliphatic rings. The highest BCUT2D eigenvalue weighted by molar-refractivity contribution is 7.71. The zero-order chi connectivity index (χ0) is 10.7. The van der Waals surface area contributed by atoms with Crippen molar-refractivity contribution in [1.29, 1.82) is 0 Å². The summed E-state index contributed by atoms with van der Waals surface area (Å²) in [4.78, 5) is 11.4. The highest BCUT2D eigenvalue weighted by Gasteiger charge is 2.05. The predicted molar refractivity (Wildman–Crippen MR) is 57.2 cm³/mol. The van der Waals surface area contributed by atoms with E-state index in [1.165, 1.54) is 10.6 Å². The number of hydrogen-bond acceptors (Lipinski definition) is 3. The van der Waals surface area contributed by atoms with Crippen LogP contribution in [0.4, 0.5) is 0 Å². The normalized spacial score (nSPS) is 10.4. The van der Waals surface area contributed by atoms with E-state index in [0.717, 1.165) is 6.42 Å². The third-order valence-corrected chi connectivity index (χ3v) is 2.46. The molecule has 5 heteroatoms. The van der Waals surface area contributed by atoms with E-state index in [-0.39, 0.29) is 11.4 Å². The Labute approximate surface area is 87.4 Å². The van der Waals surface area contributed by atoms with Gasteiger partial charge in [-0.15, -0.1) is 0 Å². The molecule has 0 saturated heterocycles. The van der Waals surface area contributed by atoms with Gasteiger partial charge in [-0.25, -0.2) is 0 Å². The number of rotatable bonds is 3. The molecule has 1 aromatic rings. The molecule has 0 bridgehead atoms. The van der Waals surface area contributed by atoms with Gasteiger partial charge < -0.3 is 5.11 Å². The molecule has 0 aliphatic heterocycles. The standard InChI is InChI=1S/C9H14N2O2S/c1-3-5-11-8(13)6-7(12)10(4-2)9(11)14/h6,13H,3-5H2,1-2H3. The average Bonchev–Trinajstić information content (AvgIpc) is 2.12. The summed E-state index contributed by atoms with van der Waals surface area (Å²) in [6, 6.07) is 1.20. The maximum Gasteiger partial charge on any atom is 0.258 e. The summed E-state index contributed by atoms with van der Waals surface area (Å²) < 4.78 is 3.42. The van der Waals surface area contributed by atoms with Crippen LogP contribution in [0.5, 0.6) is 5.88 Å². The third kappa shape index (κ3) is 1.87. The number of aromatic hydroxyl groups is 1. The molecule has 78 valence electrons. The molecule has 0 amide bonds. The van der Waals surface area contributed by atoms with E-state index in [1.807, 2.05) is 13.8 Å². The molecule has 0 unspecified atom stereocenters. The first-order chi connectivity index (χ1) is 6.61. The molecular formula is C9H14N2O2S. The fourth-order valence-corrected chi connectivity index (χ4v) is 1.73. The molecule has 0 atom stereocenters. The van der Waals surface area contributed by atoms with Crippen LogP contribution in [-0.4, -0.2) is 14.2 Å². The molecule has 0 aliphatic carbocycles. The maximum absolute atomic E-state index is 11.4. The van der Waals surface area contributed by atoms with Crippen LogP contribution in [0.3, 0.4) is 0 Å². The van der Waals surface area contributed by atoms with Crippen LogP contribution >= 0.6 is 12.2 Å². The van der Waals surface area contributed by atoms with Gasteiger partial charge in [0.05, 0.1) is 6.07 Å². The Hall–Kier alpha value is -1.10. The van der Waals surface area contributed by atoms with E-state index in [2.05, 4.69) is 0 Å². The lowest BCUT2D eigenvalue weighted by Gasteiger charge is -2.11. The number of nitrogens with zero attached hydrogens (tertiary/aromatic N) is 2. The molecule has 0 spiro atoms. The van der Waals surface area contributed by atoms with Gasteiger partial charge in [-0.2, -0.15) is 0 Å². The van der Waals surface area contributed by atoms with Crippen molar-refractivity contribution in [3.05, 3.63) is 21.2 Å². The molecular weight excluding hydrogens is 200 g/mol. The van der Waals surface area contributed by atoms with Gasteiger partial charge in [-0.1, -0.05) is 6.92 Å². The molecule has 0 aromatic carbocycles. The third-order valence-electron chi connectivity index (χ3n) is 2.02. The van der Waals surface area contributed by atoms with Crippen LogP contribution < -0.4 is 5.56 Å². The van der Waals surface area contributed by atoms with E-state index in [9.17, 15) is 9.90 Å². The molecule has 1 aromatic heterocycles. The molecule has 1 N–H and O–H groups in total. The van der Waals surface area contributed by atoms with Gasteiger partial charge in [0, 0.05) is 13.1 Å². The first-order valence-electron chi connectivity index (χ1n) is 4.65. The highest BCUT2D eigenvalue weighted by Crippen LogP contribution is 2.07. The molecule has 0 radical (unpaired) electrons. The Balaban J connectivity index is 3.44. The number of hydrogen-bond donors (Lipinski definition) is 1. The highest BCUT2D eigenvalue weighted by atomic mass is 32.1. The Morgan fingerprint density at radius 2 is 2.07 bits per heavy atom. The van der Waals surface area contributed by atoms with Crippen molar-refractivity contribution >= 4 is 12.2 Å². The van der Waals surface area contributed by atoms with Crippen molar-refractivity contribution in [1.82, 2.24) is 9.13 Å². The van der Waals surface area contributed by atoms with Gasteiger partial charge in [0.2, 0.25) is 0 Å². The molecule has 1 heterocycles. The second-order valence-electron chi connectivity index (χ2n) is 3.02. The Morgan fingerprint density at radius 1 is 1.43 bits per heavy atom. The van der Waals surface area contributed by atoms with Crippen LogP contribution in [-0.2, 0) is 13.1 Å². The van der Waals surface area contributed by atoms with Crippen molar-refractivity contribution in [2.75, 3.05) is 0 Å². The van der Waals surface area contributed by atoms with Crippen molar-refractivity contribution in [2.45, 2.75) is 33.4 Å². The minimum atomic E-state index is -0.248. The van der Waals surface area contributed by atoms with Gasteiger partial charge in [0.25, 0.3) is 5.56 Å². The molecule has 1 rings (SSSR count). The van der Waals surface area contributed by atoms with Gasteiger partial charge >= 0.3 is 0 Å². The molecule has 4 nitrogen and oxygen atoms in total. The summed E-state index contributed by atoms with van der Waals surface area (Å²) in [5.74, 6) is -0.0495. The van der Waals surface area contributed by atoms with Crippen LogP contribution in [0.1, 0.15) is 20.3 Å². The quantitative estimate of drug-likeness (QED) is 0.776. The second kappa shape index (κ2) is 4.41. The van der Waals surface area contributed by atoms with Crippen molar-refractivity contribution < 1.29 is 5.11 Å². The minimum Gasteiger partial charge on any atom is -0.494 e. The van der Waals surface area contributed by atoms with E-state index < -0.39 is 0 Å². The Kier molecular flexibility index (Phi) is 3.46. The second-order valence-corrected chi connectivity index (χ2v) is 3.38. The first kappa shape index (κ1) is 11.0. The van der Waals surface area contributed by atoms with Crippen molar-refractivity contribution in [3.8, 4) is 5.88 Å². The zero-order valence-corrected chi connectivity index (χ0v) is 9.17. The molecule has 0 fully saturated rings. The van der Waals surface area contributed by atoms with E-state index >= 15 is 0 Å². The summed E-state index contributed by atoms with van der Waals surface area (Å²) >= 11 is 5.10. The Bertz CT molecular complexity index is 433. The monoisotopic (exact) mass is 214 g/mol. The summed E-state index contributed by atoms with van der Waals surface area (Å²) in [5.41, 5.74) is -0.248. The SMILES string of the molecule is CCCn1c(O)cc(=O)n(CC)c1=S. The predicted octanol–water partition coefficient (Wildman–Crippen LogP) is 1.51. The molecule has 0 saturated carbocycles. The summed E-state index contributed by atoms with van der Waals surface area (Å²) in [6.45, 7) is 5.00.